The highest BCUT2D eigenvalue weighted by molar-refractivity contribution is 5.97. The van der Waals surface area contributed by atoms with Gasteiger partial charge in [0.05, 0.1) is 0 Å². The Labute approximate surface area is 178 Å². The van der Waals surface area contributed by atoms with Gasteiger partial charge in [0.2, 0.25) is 5.82 Å². The van der Waals surface area contributed by atoms with Gasteiger partial charge in [-0.3, -0.25) is 14.6 Å². The summed E-state index contributed by atoms with van der Waals surface area (Å²) in [5.41, 5.74) is 5.26. The predicted octanol–water partition coefficient (Wildman–Crippen LogP) is 2.93. The molecule has 0 bridgehead atoms. The number of hydrogen-bond acceptors (Lipinski definition) is 5. The van der Waals surface area contributed by atoms with Crippen LogP contribution < -0.4 is 11.1 Å². The molecule has 0 unspecified atom stereocenters. The van der Waals surface area contributed by atoms with Crippen LogP contribution in [0.15, 0.2) is 30.5 Å². The summed E-state index contributed by atoms with van der Waals surface area (Å²) in [5.74, 6) is -5.82. The first-order valence-electron chi connectivity index (χ1n) is 10.0. The smallest absolute Gasteiger partial charge is 0.267 e. The quantitative estimate of drug-likeness (QED) is 0.534. The third-order valence-corrected chi connectivity index (χ3v) is 6.07. The molecule has 166 valence electrons. The van der Waals surface area contributed by atoms with E-state index in [0.717, 1.165) is 18.9 Å². The molecule has 9 heteroatoms. The van der Waals surface area contributed by atoms with Gasteiger partial charge < -0.3 is 21.3 Å². The van der Waals surface area contributed by atoms with Crippen LogP contribution in [-0.2, 0) is 4.79 Å². The Kier molecular flexibility index (Phi) is 6.54. The van der Waals surface area contributed by atoms with Gasteiger partial charge in [-0.05, 0) is 48.8 Å². The maximum absolute atomic E-state index is 14.0. The molecule has 0 spiro atoms. The summed E-state index contributed by atoms with van der Waals surface area (Å²) in [4.78, 5) is 27.9. The van der Waals surface area contributed by atoms with Crippen molar-refractivity contribution < 1.29 is 28.6 Å². The van der Waals surface area contributed by atoms with E-state index in [1.54, 1.807) is 0 Å². The highest BCUT2D eigenvalue weighted by Gasteiger charge is 2.41. The first-order valence-corrected chi connectivity index (χ1v) is 10.0. The molecule has 1 aliphatic rings. The Morgan fingerprint density at radius 3 is 2.55 bits per heavy atom. The van der Waals surface area contributed by atoms with Crippen LogP contribution in [0, 0.1) is 29.4 Å². The molecule has 2 amide bonds. The van der Waals surface area contributed by atoms with Crippen LogP contribution in [0.5, 0.6) is 5.75 Å². The number of primary amides is 1. The number of pyridine rings is 1. The highest BCUT2D eigenvalue weighted by atomic mass is 19.2. The fraction of sp³-hybridized carbons (Fsp3) is 0.409. The fourth-order valence-corrected chi connectivity index (χ4v) is 4.27. The number of nitrogens with one attached hydrogen (secondary N) is 1. The molecule has 2 aromatic rings. The number of carbonyl (C=O) groups is 2. The zero-order valence-electron chi connectivity index (χ0n) is 17.2. The average molecular weight is 433 g/mol. The van der Waals surface area contributed by atoms with Crippen LogP contribution in [-0.4, -0.2) is 33.1 Å². The van der Waals surface area contributed by atoms with Crippen LogP contribution in [0.3, 0.4) is 0 Å². The van der Waals surface area contributed by atoms with Gasteiger partial charge in [0, 0.05) is 23.4 Å². The molecule has 5 N–H and O–H groups in total. The largest absolute Gasteiger partial charge is 0.505 e. The molecule has 0 saturated heterocycles. The lowest BCUT2D eigenvalue weighted by Gasteiger charge is -2.42. The van der Waals surface area contributed by atoms with Gasteiger partial charge in [-0.2, -0.15) is 4.39 Å². The second-order valence-electron chi connectivity index (χ2n) is 8.25. The molecule has 3 rings (SSSR count). The van der Waals surface area contributed by atoms with Crippen LogP contribution in [0.2, 0.25) is 0 Å². The standard InChI is InChI=1S/C22H25F2N3O4/c1-10-7-12(8-10)11(2)17(14-3-4-15(23)18(24)19(14)28)20(29)22(31)27-13-5-6-26-16(9-13)21(25)30/h3-6,9-12,17,20,28-29H,7-8H2,1-2H3,(H2,25,30)(H,26,27,31)/t10?,11-,12?,17-,20+/m0/s1. The number of aromatic hydroxyl groups is 1. The molecule has 3 atom stereocenters. The van der Waals surface area contributed by atoms with Crippen molar-refractivity contribution in [3.63, 3.8) is 0 Å². The Balaban J connectivity index is 1.91. The number of aliphatic hydroxyl groups is 1. The van der Waals surface area contributed by atoms with E-state index in [4.69, 9.17) is 5.73 Å². The number of amides is 2. The lowest BCUT2D eigenvalue weighted by molar-refractivity contribution is -0.126. The lowest BCUT2D eigenvalue weighted by atomic mass is 9.64. The Hall–Kier alpha value is -3.07. The van der Waals surface area contributed by atoms with E-state index in [2.05, 4.69) is 17.2 Å². The topological polar surface area (TPSA) is 126 Å². The number of phenols is 1. The number of halogens is 2. The number of nitrogens with zero attached hydrogens (tertiary/aromatic N) is 1. The number of carbonyl (C=O) groups excluding carboxylic acids is 2. The predicted molar refractivity (Wildman–Crippen MR) is 109 cm³/mol. The number of hydrogen-bond donors (Lipinski definition) is 4. The number of aromatic nitrogens is 1. The van der Waals surface area contributed by atoms with Crippen molar-refractivity contribution in [1.82, 2.24) is 4.98 Å². The Morgan fingerprint density at radius 2 is 1.94 bits per heavy atom. The molecule has 1 fully saturated rings. The van der Waals surface area contributed by atoms with Crippen molar-refractivity contribution in [2.45, 2.75) is 38.7 Å². The summed E-state index contributed by atoms with van der Waals surface area (Å²) < 4.78 is 27.6. The van der Waals surface area contributed by atoms with Crippen molar-refractivity contribution in [3.05, 3.63) is 53.4 Å². The second kappa shape index (κ2) is 8.97. The number of phenolic OH excluding ortho intramolecular Hbond substituents is 1. The van der Waals surface area contributed by atoms with Crippen molar-refractivity contribution in [2.24, 2.45) is 23.5 Å². The lowest BCUT2D eigenvalue weighted by Crippen LogP contribution is -2.40. The van der Waals surface area contributed by atoms with Crippen LogP contribution in [0.1, 0.15) is 48.7 Å². The SMILES string of the molecule is CC1CC([C@H](C)[C@@H](c2ccc(F)c(F)c2O)[C@@H](O)C(=O)Nc2ccnc(C(N)=O)c2)C1. The molecule has 1 aromatic heterocycles. The summed E-state index contributed by atoms with van der Waals surface area (Å²) in [7, 11) is 0. The van der Waals surface area contributed by atoms with Gasteiger partial charge in [-0.1, -0.05) is 19.9 Å². The van der Waals surface area contributed by atoms with Crippen LogP contribution in [0.4, 0.5) is 14.5 Å². The maximum Gasteiger partial charge on any atom is 0.267 e. The van der Waals surface area contributed by atoms with E-state index in [1.165, 1.54) is 24.4 Å². The minimum absolute atomic E-state index is 0.0406. The number of rotatable bonds is 7. The summed E-state index contributed by atoms with van der Waals surface area (Å²) in [6.45, 7) is 3.90. The molecule has 1 aliphatic carbocycles. The molecule has 1 heterocycles. The van der Waals surface area contributed by atoms with E-state index in [-0.39, 0.29) is 28.8 Å². The zero-order chi connectivity index (χ0) is 22.9. The monoisotopic (exact) mass is 433 g/mol. The third kappa shape index (κ3) is 4.66. The minimum Gasteiger partial charge on any atom is -0.505 e. The number of anilines is 1. The third-order valence-electron chi connectivity index (χ3n) is 6.07. The van der Waals surface area contributed by atoms with E-state index >= 15 is 0 Å². The number of nitrogens with two attached hydrogens (primary N) is 1. The zero-order valence-corrected chi connectivity index (χ0v) is 17.2. The van der Waals surface area contributed by atoms with Crippen molar-refractivity contribution >= 4 is 17.5 Å². The number of aliphatic hydroxyl groups excluding tert-OH is 1. The molecule has 1 aromatic carbocycles. The van der Waals surface area contributed by atoms with Crippen molar-refractivity contribution in [3.8, 4) is 5.75 Å². The summed E-state index contributed by atoms with van der Waals surface area (Å²) in [6, 6.07) is 4.72. The summed E-state index contributed by atoms with van der Waals surface area (Å²) in [6.07, 6.45) is 1.33. The van der Waals surface area contributed by atoms with E-state index in [0.29, 0.717) is 5.92 Å². The maximum atomic E-state index is 14.0. The van der Waals surface area contributed by atoms with Crippen LogP contribution in [0.25, 0.3) is 0 Å². The summed E-state index contributed by atoms with van der Waals surface area (Å²) >= 11 is 0. The van der Waals surface area contributed by atoms with Gasteiger partial charge in [0.15, 0.2) is 11.6 Å². The molecule has 0 radical (unpaired) electrons. The van der Waals surface area contributed by atoms with Gasteiger partial charge in [0.1, 0.15) is 11.8 Å². The van der Waals surface area contributed by atoms with E-state index in [1.807, 2.05) is 6.92 Å². The molecule has 31 heavy (non-hydrogen) atoms. The minimum atomic E-state index is -1.67. The van der Waals surface area contributed by atoms with Gasteiger partial charge in [0.25, 0.3) is 11.8 Å². The van der Waals surface area contributed by atoms with E-state index < -0.39 is 41.2 Å². The van der Waals surface area contributed by atoms with E-state index in [9.17, 15) is 28.6 Å². The highest BCUT2D eigenvalue weighted by Crippen LogP contribution is 2.47. The first-order chi connectivity index (χ1) is 14.6. The average Bonchev–Trinajstić information content (AvgIpc) is 2.71. The van der Waals surface area contributed by atoms with Crippen molar-refractivity contribution in [2.75, 3.05) is 5.32 Å². The molecule has 7 nitrogen and oxygen atoms in total. The van der Waals surface area contributed by atoms with Crippen LogP contribution >= 0.6 is 0 Å². The Bertz CT molecular complexity index is 995. The second-order valence-corrected chi connectivity index (χ2v) is 8.25. The number of benzene rings is 1. The normalized spacial score (nSPS) is 20.9. The van der Waals surface area contributed by atoms with Gasteiger partial charge in [-0.15, -0.1) is 0 Å². The molecular weight excluding hydrogens is 408 g/mol. The van der Waals surface area contributed by atoms with Crippen molar-refractivity contribution in [1.29, 1.82) is 0 Å². The van der Waals surface area contributed by atoms with Gasteiger partial charge >= 0.3 is 0 Å². The van der Waals surface area contributed by atoms with Gasteiger partial charge in [-0.25, -0.2) is 4.39 Å². The molecule has 0 aliphatic heterocycles. The molecule has 1 saturated carbocycles. The molecular formula is C22H25F2N3O4. The summed E-state index contributed by atoms with van der Waals surface area (Å²) in [5, 5.41) is 23.6. The fourth-order valence-electron chi connectivity index (χ4n) is 4.27. The first kappa shape index (κ1) is 22.6. The Morgan fingerprint density at radius 1 is 1.26 bits per heavy atom.